The van der Waals surface area contributed by atoms with Gasteiger partial charge in [-0.15, -0.1) is 0 Å². The fourth-order valence-corrected chi connectivity index (χ4v) is 1.19. The monoisotopic (exact) mass is 159 g/mol. The minimum absolute atomic E-state index is 0.952. The van der Waals surface area contributed by atoms with E-state index in [1.807, 2.05) is 25.1 Å². The largest absolute Gasteiger partial charge is 0.264 e. The Morgan fingerprint density at radius 3 is 2.75 bits per heavy atom. The van der Waals surface area contributed by atoms with Gasteiger partial charge >= 0.3 is 0 Å². The Balaban J connectivity index is 3.28. The maximum atomic E-state index is 3.95. The van der Waals surface area contributed by atoms with Crippen LogP contribution in [0.1, 0.15) is 18.1 Å². The van der Waals surface area contributed by atoms with Gasteiger partial charge in [-0.25, -0.2) is 0 Å². The Morgan fingerprint density at radius 1 is 1.42 bits per heavy atom. The minimum atomic E-state index is 0.952. The Labute approximate surface area is 73.5 Å². The van der Waals surface area contributed by atoms with Crippen LogP contribution in [0.5, 0.6) is 0 Å². The molecule has 0 fully saturated rings. The lowest BCUT2D eigenvalue weighted by molar-refractivity contribution is 1.41. The summed E-state index contributed by atoms with van der Waals surface area (Å²) >= 11 is 0. The molecule has 0 amide bonds. The first-order chi connectivity index (χ1) is 5.79. The highest BCUT2D eigenvalue weighted by Crippen LogP contribution is 2.23. The van der Waals surface area contributed by atoms with Crippen molar-refractivity contribution >= 4 is 18.5 Å². The lowest BCUT2D eigenvalue weighted by Gasteiger charge is -2.02. The normalized spacial score (nSPS) is 10.5. The molecule has 0 aliphatic rings. The lowest BCUT2D eigenvalue weighted by Crippen LogP contribution is -1.79. The van der Waals surface area contributed by atoms with Crippen LogP contribution >= 0.6 is 0 Å². The molecule has 1 heteroatoms. The van der Waals surface area contributed by atoms with Gasteiger partial charge in [0.1, 0.15) is 0 Å². The standard InChI is InChI=1S/C11H13N/c1-4-6-10-9(2)7-5-8-11(10)12-3/h4-8H,3H2,1-2H3. The molecule has 62 valence electrons. The number of aryl methyl sites for hydroxylation is 1. The van der Waals surface area contributed by atoms with Crippen LogP contribution in [-0.4, -0.2) is 6.72 Å². The van der Waals surface area contributed by atoms with E-state index in [1.54, 1.807) is 0 Å². The van der Waals surface area contributed by atoms with Gasteiger partial charge in [0.05, 0.1) is 5.69 Å². The molecule has 1 aromatic rings. The van der Waals surface area contributed by atoms with Crippen LogP contribution < -0.4 is 0 Å². The molecule has 1 nitrogen and oxygen atoms in total. The third-order valence-corrected chi connectivity index (χ3v) is 1.80. The van der Waals surface area contributed by atoms with E-state index in [9.17, 15) is 0 Å². The number of aliphatic imine (C=N–C) groups is 1. The van der Waals surface area contributed by atoms with Crippen LogP contribution in [-0.2, 0) is 0 Å². The second-order valence-electron chi connectivity index (χ2n) is 2.67. The Hall–Kier alpha value is -1.37. The zero-order valence-corrected chi connectivity index (χ0v) is 7.54. The van der Waals surface area contributed by atoms with E-state index >= 15 is 0 Å². The van der Waals surface area contributed by atoms with Crippen molar-refractivity contribution in [1.82, 2.24) is 0 Å². The van der Waals surface area contributed by atoms with E-state index in [0.717, 1.165) is 11.3 Å². The van der Waals surface area contributed by atoms with Crippen molar-refractivity contribution in [3.05, 3.63) is 35.4 Å². The summed E-state index contributed by atoms with van der Waals surface area (Å²) < 4.78 is 0. The summed E-state index contributed by atoms with van der Waals surface area (Å²) in [6.45, 7) is 7.60. The van der Waals surface area contributed by atoms with Gasteiger partial charge < -0.3 is 0 Å². The predicted molar refractivity (Wildman–Crippen MR) is 55.1 cm³/mol. The number of benzene rings is 1. The number of allylic oxidation sites excluding steroid dienone is 1. The molecule has 0 radical (unpaired) electrons. The van der Waals surface area contributed by atoms with Crippen molar-refractivity contribution in [3.63, 3.8) is 0 Å². The topological polar surface area (TPSA) is 12.4 Å². The fraction of sp³-hybridized carbons (Fsp3) is 0.182. The first-order valence-corrected chi connectivity index (χ1v) is 3.98. The van der Waals surface area contributed by atoms with Crippen molar-refractivity contribution in [2.45, 2.75) is 13.8 Å². The highest BCUT2D eigenvalue weighted by atomic mass is 14.7. The van der Waals surface area contributed by atoms with Gasteiger partial charge in [0.15, 0.2) is 0 Å². The first-order valence-electron chi connectivity index (χ1n) is 3.98. The SMILES string of the molecule is C=Nc1cccc(C)c1C=CC. The first kappa shape index (κ1) is 8.72. The van der Waals surface area contributed by atoms with E-state index in [4.69, 9.17) is 0 Å². The molecular formula is C11H13N. The molecule has 1 rings (SSSR count). The van der Waals surface area contributed by atoms with Crippen molar-refractivity contribution in [1.29, 1.82) is 0 Å². The molecule has 0 unspecified atom stereocenters. The maximum absolute atomic E-state index is 3.95. The van der Waals surface area contributed by atoms with E-state index in [-0.39, 0.29) is 0 Å². The zero-order chi connectivity index (χ0) is 8.97. The molecule has 0 atom stereocenters. The average molecular weight is 159 g/mol. The quantitative estimate of drug-likeness (QED) is 0.587. The zero-order valence-electron chi connectivity index (χ0n) is 7.54. The molecule has 0 aromatic heterocycles. The lowest BCUT2D eigenvalue weighted by atomic mass is 10.1. The second-order valence-corrected chi connectivity index (χ2v) is 2.67. The summed E-state index contributed by atoms with van der Waals surface area (Å²) in [6.07, 6.45) is 4.07. The molecule has 0 N–H and O–H groups in total. The maximum Gasteiger partial charge on any atom is 0.0697 e. The molecule has 0 aliphatic carbocycles. The van der Waals surface area contributed by atoms with Gasteiger partial charge in [0.2, 0.25) is 0 Å². The molecular weight excluding hydrogens is 146 g/mol. The Morgan fingerprint density at radius 2 is 2.17 bits per heavy atom. The van der Waals surface area contributed by atoms with Crippen LogP contribution in [0.3, 0.4) is 0 Å². The number of nitrogens with zero attached hydrogens (tertiary/aromatic N) is 1. The van der Waals surface area contributed by atoms with Crippen LogP contribution in [0.15, 0.2) is 29.3 Å². The van der Waals surface area contributed by atoms with Crippen LogP contribution in [0.25, 0.3) is 6.08 Å². The number of hydrogen-bond donors (Lipinski definition) is 0. The van der Waals surface area contributed by atoms with E-state index in [1.165, 1.54) is 5.56 Å². The third-order valence-electron chi connectivity index (χ3n) is 1.80. The smallest absolute Gasteiger partial charge is 0.0697 e. The van der Waals surface area contributed by atoms with Crippen molar-refractivity contribution in [2.24, 2.45) is 4.99 Å². The summed E-state index contributed by atoms with van der Waals surface area (Å²) in [5, 5.41) is 0. The van der Waals surface area contributed by atoms with Gasteiger partial charge in [0, 0.05) is 5.56 Å². The van der Waals surface area contributed by atoms with Crippen LogP contribution in [0.4, 0.5) is 5.69 Å². The molecule has 0 saturated heterocycles. The summed E-state index contributed by atoms with van der Waals surface area (Å²) in [5.74, 6) is 0. The van der Waals surface area contributed by atoms with Gasteiger partial charge in [-0.05, 0) is 32.2 Å². The molecule has 0 saturated carbocycles. The van der Waals surface area contributed by atoms with Crippen molar-refractivity contribution in [2.75, 3.05) is 0 Å². The van der Waals surface area contributed by atoms with Gasteiger partial charge in [0.25, 0.3) is 0 Å². The fourth-order valence-electron chi connectivity index (χ4n) is 1.19. The highest BCUT2D eigenvalue weighted by Gasteiger charge is 1.98. The number of rotatable bonds is 2. The Kier molecular flexibility index (Phi) is 2.81. The Bertz CT molecular complexity index is 311. The van der Waals surface area contributed by atoms with Gasteiger partial charge in [-0.2, -0.15) is 0 Å². The molecule has 0 heterocycles. The third kappa shape index (κ3) is 1.62. The number of hydrogen-bond acceptors (Lipinski definition) is 1. The summed E-state index contributed by atoms with van der Waals surface area (Å²) in [5.41, 5.74) is 3.35. The van der Waals surface area contributed by atoms with Crippen LogP contribution in [0, 0.1) is 6.92 Å². The predicted octanol–water partition coefficient (Wildman–Crippen LogP) is 3.36. The van der Waals surface area contributed by atoms with Gasteiger partial charge in [-0.1, -0.05) is 24.3 Å². The summed E-state index contributed by atoms with van der Waals surface area (Å²) in [7, 11) is 0. The highest BCUT2D eigenvalue weighted by molar-refractivity contribution is 5.68. The van der Waals surface area contributed by atoms with E-state index in [0.29, 0.717) is 0 Å². The van der Waals surface area contributed by atoms with Crippen molar-refractivity contribution in [3.8, 4) is 0 Å². The summed E-state index contributed by atoms with van der Waals surface area (Å²) in [6, 6.07) is 6.03. The average Bonchev–Trinajstić information content (AvgIpc) is 2.09. The van der Waals surface area contributed by atoms with E-state index < -0.39 is 0 Å². The molecule has 1 aromatic carbocycles. The second kappa shape index (κ2) is 3.86. The minimum Gasteiger partial charge on any atom is -0.264 e. The van der Waals surface area contributed by atoms with Gasteiger partial charge in [-0.3, -0.25) is 4.99 Å². The van der Waals surface area contributed by atoms with E-state index in [2.05, 4.69) is 30.8 Å². The summed E-state index contributed by atoms with van der Waals surface area (Å²) in [4.78, 5) is 3.95. The molecule has 0 aliphatic heterocycles. The molecule has 12 heavy (non-hydrogen) atoms. The molecule has 0 bridgehead atoms. The van der Waals surface area contributed by atoms with Crippen LogP contribution in [0.2, 0.25) is 0 Å². The van der Waals surface area contributed by atoms with Crippen molar-refractivity contribution < 1.29 is 0 Å². The molecule has 0 spiro atoms.